The number of aliphatic hydroxyl groups is 1. The third-order valence-electron chi connectivity index (χ3n) is 1.25. The second kappa shape index (κ2) is 7.57. The van der Waals surface area contributed by atoms with Gasteiger partial charge in [0.25, 0.3) is 0 Å². The molecule has 0 heterocycles. The maximum atomic E-state index is 10.5. The summed E-state index contributed by atoms with van der Waals surface area (Å²) in [5.74, 6) is -0.436. The largest absolute Gasteiger partial charge is 0.466 e. The first-order valence-electron chi connectivity index (χ1n) is 3.85. The van der Waals surface area contributed by atoms with Gasteiger partial charge in [0.05, 0.1) is 19.8 Å². The fourth-order valence-electron chi connectivity index (χ4n) is 0.650. The predicted octanol–water partition coefficient (Wildman–Crippen LogP) is -0.730. The maximum absolute atomic E-state index is 10.5. The van der Waals surface area contributed by atoms with Crippen LogP contribution in [0.15, 0.2) is 12.3 Å². The quantitative estimate of drug-likeness (QED) is 0.426. The molecule has 0 aromatic rings. The number of hydrogen-bond donors (Lipinski definition) is 2. The van der Waals surface area contributed by atoms with Gasteiger partial charge in [0.15, 0.2) is 0 Å². The van der Waals surface area contributed by atoms with Gasteiger partial charge >= 0.3 is 5.97 Å². The van der Waals surface area contributed by atoms with Gasteiger partial charge in [0.1, 0.15) is 0 Å². The molecule has 0 spiro atoms. The number of ether oxygens (including phenoxy) is 2. The van der Waals surface area contributed by atoms with E-state index in [1.807, 2.05) is 0 Å². The fourth-order valence-corrected chi connectivity index (χ4v) is 0.650. The zero-order valence-corrected chi connectivity index (χ0v) is 7.82. The Bertz CT molecular complexity index is 170. The average molecular weight is 189 g/mol. The van der Waals surface area contributed by atoms with Gasteiger partial charge in [-0.2, -0.15) is 0 Å². The summed E-state index contributed by atoms with van der Waals surface area (Å²) in [5.41, 5.74) is 0. The standard InChI is InChI=1S/C8H15NO4/c1-12-6-7(10)5-9-4-3-8(11)13-2/h3-4,7,9-10H,5-6H2,1-2H3/b4-3+. The number of carbonyl (C=O) groups is 1. The third-order valence-corrected chi connectivity index (χ3v) is 1.25. The molecular formula is C8H15NO4. The highest BCUT2D eigenvalue weighted by molar-refractivity contribution is 5.81. The van der Waals surface area contributed by atoms with E-state index in [1.54, 1.807) is 0 Å². The van der Waals surface area contributed by atoms with Crippen LogP contribution in [0.25, 0.3) is 0 Å². The fraction of sp³-hybridized carbons (Fsp3) is 0.625. The summed E-state index contributed by atoms with van der Waals surface area (Å²) in [6.45, 7) is 0.598. The number of carbonyl (C=O) groups excluding carboxylic acids is 1. The summed E-state index contributed by atoms with van der Waals surface area (Å²) < 4.78 is 9.05. The Labute approximate surface area is 77.3 Å². The molecule has 2 N–H and O–H groups in total. The minimum absolute atomic E-state index is 0.263. The van der Waals surface area contributed by atoms with Crippen LogP contribution < -0.4 is 5.32 Å². The van der Waals surface area contributed by atoms with E-state index in [0.717, 1.165) is 0 Å². The molecule has 0 radical (unpaired) electrons. The van der Waals surface area contributed by atoms with Gasteiger partial charge in [-0.25, -0.2) is 4.79 Å². The smallest absolute Gasteiger partial charge is 0.331 e. The average Bonchev–Trinajstić information content (AvgIpc) is 2.12. The molecule has 0 fully saturated rings. The van der Waals surface area contributed by atoms with Gasteiger partial charge < -0.3 is 19.9 Å². The molecule has 0 aliphatic heterocycles. The van der Waals surface area contributed by atoms with Gasteiger partial charge in [-0.05, 0) is 0 Å². The van der Waals surface area contributed by atoms with Crippen molar-refractivity contribution in [1.82, 2.24) is 5.32 Å². The Hall–Kier alpha value is -1.07. The first-order valence-corrected chi connectivity index (χ1v) is 3.85. The topological polar surface area (TPSA) is 67.8 Å². The maximum Gasteiger partial charge on any atom is 0.331 e. The lowest BCUT2D eigenvalue weighted by Gasteiger charge is -2.08. The molecule has 76 valence electrons. The van der Waals surface area contributed by atoms with E-state index in [0.29, 0.717) is 6.54 Å². The molecule has 0 rings (SSSR count). The first-order chi connectivity index (χ1) is 6.20. The Balaban J connectivity index is 3.43. The number of nitrogens with one attached hydrogen (secondary N) is 1. The van der Waals surface area contributed by atoms with Crippen LogP contribution in [-0.2, 0) is 14.3 Å². The van der Waals surface area contributed by atoms with Gasteiger partial charge in [0, 0.05) is 25.9 Å². The zero-order valence-electron chi connectivity index (χ0n) is 7.82. The van der Waals surface area contributed by atoms with Crippen molar-refractivity contribution in [1.29, 1.82) is 0 Å². The van der Waals surface area contributed by atoms with E-state index >= 15 is 0 Å². The molecule has 0 bridgehead atoms. The van der Waals surface area contributed by atoms with Crippen molar-refractivity contribution < 1.29 is 19.4 Å². The van der Waals surface area contributed by atoms with Crippen molar-refractivity contribution >= 4 is 5.97 Å². The molecule has 5 heteroatoms. The van der Waals surface area contributed by atoms with Crippen LogP contribution in [-0.4, -0.2) is 44.6 Å². The Kier molecular flexibility index (Phi) is 6.95. The summed E-state index contributed by atoms with van der Waals surface area (Å²) in [6, 6.07) is 0. The lowest BCUT2D eigenvalue weighted by atomic mass is 10.4. The van der Waals surface area contributed by atoms with Gasteiger partial charge in [-0.3, -0.25) is 0 Å². The van der Waals surface area contributed by atoms with E-state index in [2.05, 4.69) is 10.1 Å². The summed E-state index contributed by atoms with van der Waals surface area (Å²) in [7, 11) is 2.81. The second-order valence-corrected chi connectivity index (χ2v) is 2.37. The Morgan fingerprint density at radius 2 is 2.31 bits per heavy atom. The van der Waals surface area contributed by atoms with E-state index in [1.165, 1.54) is 26.5 Å². The lowest BCUT2D eigenvalue weighted by Crippen LogP contribution is -2.27. The highest BCUT2D eigenvalue weighted by Gasteiger charge is 1.99. The van der Waals surface area contributed by atoms with E-state index in [-0.39, 0.29) is 6.61 Å². The molecule has 0 aromatic heterocycles. The van der Waals surface area contributed by atoms with Gasteiger partial charge in [-0.1, -0.05) is 0 Å². The molecule has 1 unspecified atom stereocenters. The van der Waals surface area contributed by atoms with Crippen LogP contribution in [0.1, 0.15) is 0 Å². The highest BCUT2D eigenvalue weighted by Crippen LogP contribution is 1.81. The molecule has 5 nitrogen and oxygen atoms in total. The minimum atomic E-state index is -0.577. The molecule has 0 saturated heterocycles. The number of methoxy groups -OCH3 is 2. The molecule has 13 heavy (non-hydrogen) atoms. The van der Waals surface area contributed by atoms with Crippen molar-refractivity contribution in [2.45, 2.75) is 6.10 Å². The van der Waals surface area contributed by atoms with Gasteiger partial charge in [0.2, 0.25) is 0 Å². The SMILES string of the molecule is COCC(O)CN/C=C/C(=O)OC. The van der Waals surface area contributed by atoms with E-state index < -0.39 is 12.1 Å². The first kappa shape index (κ1) is 11.9. The van der Waals surface area contributed by atoms with Crippen molar-refractivity contribution in [2.24, 2.45) is 0 Å². The summed E-state index contributed by atoms with van der Waals surface area (Å²) in [4.78, 5) is 10.5. The molecule has 0 amide bonds. The van der Waals surface area contributed by atoms with Crippen molar-refractivity contribution in [3.8, 4) is 0 Å². The van der Waals surface area contributed by atoms with Crippen LogP contribution in [0.5, 0.6) is 0 Å². The summed E-state index contributed by atoms with van der Waals surface area (Å²) in [5, 5.41) is 11.9. The highest BCUT2D eigenvalue weighted by atomic mass is 16.5. The summed E-state index contributed by atoms with van der Waals surface area (Å²) >= 11 is 0. The number of hydrogen-bond acceptors (Lipinski definition) is 5. The summed E-state index contributed by atoms with van der Waals surface area (Å²) in [6.07, 6.45) is 2.08. The van der Waals surface area contributed by atoms with Crippen LogP contribution in [0.4, 0.5) is 0 Å². The van der Waals surface area contributed by atoms with Crippen LogP contribution in [0.3, 0.4) is 0 Å². The second-order valence-electron chi connectivity index (χ2n) is 2.37. The molecular weight excluding hydrogens is 174 g/mol. The van der Waals surface area contributed by atoms with Crippen molar-refractivity contribution in [3.63, 3.8) is 0 Å². The molecule has 1 atom stereocenters. The molecule has 0 aliphatic carbocycles. The van der Waals surface area contributed by atoms with E-state index in [4.69, 9.17) is 9.84 Å². The molecule has 0 saturated carbocycles. The predicted molar refractivity (Wildman–Crippen MR) is 47.0 cm³/mol. The molecule has 0 aliphatic rings. The van der Waals surface area contributed by atoms with Gasteiger partial charge in [-0.15, -0.1) is 0 Å². The number of esters is 1. The monoisotopic (exact) mass is 189 g/mol. The van der Waals surface area contributed by atoms with Crippen LogP contribution in [0, 0.1) is 0 Å². The van der Waals surface area contributed by atoms with E-state index in [9.17, 15) is 4.79 Å². The Morgan fingerprint density at radius 3 is 2.85 bits per heavy atom. The zero-order chi connectivity index (χ0) is 10.1. The van der Waals surface area contributed by atoms with Crippen molar-refractivity contribution in [2.75, 3.05) is 27.4 Å². The Morgan fingerprint density at radius 1 is 1.62 bits per heavy atom. The van der Waals surface area contributed by atoms with Crippen LogP contribution >= 0.6 is 0 Å². The third kappa shape index (κ3) is 7.30. The lowest BCUT2D eigenvalue weighted by molar-refractivity contribution is -0.134. The van der Waals surface area contributed by atoms with Crippen LogP contribution in [0.2, 0.25) is 0 Å². The normalized spacial score (nSPS) is 12.8. The number of rotatable bonds is 6. The van der Waals surface area contributed by atoms with Crippen molar-refractivity contribution in [3.05, 3.63) is 12.3 Å². The molecule has 0 aromatic carbocycles. The number of aliphatic hydroxyl groups excluding tert-OH is 1. The minimum Gasteiger partial charge on any atom is -0.466 e.